The summed E-state index contributed by atoms with van der Waals surface area (Å²) in [6.45, 7) is 2.00. The lowest BCUT2D eigenvalue weighted by Crippen LogP contribution is -1.92. The van der Waals surface area contributed by atoms with E-state index in [9.17, 15) is 0 Å². The normalized spacial score (nSPS) is 12.8. The molecule has 0 saturated carbocycles. The maximum absolute atomic E-state index is 6.40. The molecule has 1 heterocycles. The standard InChI is InChI=1S/C15H12ClNO/c1-10-6-5-9-12-14(10)18-15(17-12)13(16)11-7-3-2-4-8-11/h2-9,13H,1H3. The highest BCUT2D eigenvalue weighted by molar-refractivity contribution is 6.22. The smallest absolute Gasteiger partial charge is 0.218 e. The fourth-order valence-corrected chi connectivity index (χ4v) is 2.22. The van der Waals surface area contributed by atoms with Crippen LogP contribution in [0.3, 0.4) is 0 Å². The SMILES string of the molecule is Cc1cccc2nc(C(Cl)c3ccccc3)oc12. The number of hydrogen-bond acceptors (Lipinski definition) is 2. The number of hydrogen-bond donors (Lipinski definition) is 0. The molecule has 90 valence electrons. The van der Waals surface area contributed by atoms with Crippen LogP contribution in [0.2, 0.25) is 0 Å². The molecule has 1 aromatic heterocycles. The van der Waals surface area contributed by atoms with Crippen molar-refractivity contribution in [1.82, 2.24) is 4.98 Å². The van der Waals surface area contributed by atoms with Crippen LogP contribution < -0.4 is 0 Å². The minimum absolute atomic E-state index is 0.349. The third-order valence-corrected chi connectivity index (χ3v) is 3.38. The molecule has 0 radical (unpaired) electrons. The maximum atomic E-state index is 6.40. The molecule has 0 aliphatic carbocycles. The van der Waals surface area contributed by atoms with Gasteiger partial charge < -0.3 is 4.42 Å². The van der Waals surface area contributed by atoms with Gasteiger partial charge >= 0.3 is 0 Å². The van der Waals surface area contributed by atoms with Crippen LogP contribution in [0.4, 0.5) is 0 Å². The number of fused-ring (bicyclic) bond motifs is 1. The van der Waals surface area contributed by atoms with E-state index in [1.807, 2.05) is 55.5 Å². The number of nitrogens with zero attached hydrogens (tertiary/aromatic N) is 1. The second-order valence-corrected chi connectivity index (χ2v) is 4.68. The van der Waals surface area contributed by atoms with Gasteiger partial charge in [-0.2, -0.15) is 0 Å². The number of rotatable bonds is 2. The second-order valence-electron chi connectivity index (χ2n) is 4.25. The molecule has 2 aromatic carbocycles. The first-order valence-corrected chi connectivity index (χ1v) is 6.24. The Hall–Kier alpha value is -1.80. The topological polar surface area (TPSA) is 26.0 Å². The van der Waals surface area contributed by atoms with E-state index in [4.69, 9.17) is 16.0 Å². The van der Waals surface area contributed by atoms with Gasteiger partial charge in [0, 0.05) is 0 Å². The van der Waals surface area contributed by atoms with Crippen LogP contribution >= 0.6 is 11.6 Å². The van der Waals surface area contributed by atoms with E-state index in [0.29, 0.717) is 5.89 Å². The third kappa shape index (κ3) is 1.89. The summed E-state index contributed by atoms with van der Waals surface area (Å²) in [7, 11) is 0. The van der Waals surface area contributed by atoms with Crippen molar-refractivity contribution < 1.29 is 4.42 Å². The minimum atomic E-state index is -0.349. The Morgan fingerprint density at radius 1 is 1.06 bits per heavy atom. The summed E-state index contributed by atoms with van der Waals surface area (Å²) < 4.78 is 5.77. The predicted octanol–water partition coefficient (Wildman–Crippen LogP) is 4.46. The average molecular weight is 258 g/mol. The van der Waals surface area contributed by atoms with Gasteiger partial charge in [-0.1, -0.05) is 42.5 Å². The van der Waals surface area contributed by atoms with Gasteiger partial charge in [-0.05, 0) is 24.1 Å². The first kappa shape index (κ1) is 11.3. The largest absolute Gasteiger partial charge is 0.438 e. The molecule has 0 aliphatic rings. The van der Waals surface area contributed by atoms with Gasteiger partial charge in [0.05, 0.1) is 0 Å². The molecule has 0 fully saturated rings. The molecule has 3 rings (SSSR count). The number of benzene rings is 2. The number of para-hydroxylation sites is 1. The van der Waals surface area contributed by atoms with Crippen molar-refractivity contribution in [3.63, 3.8) is 0 Å². The second kappa shape index (κ2) is 4.46. The van der Waals surface area contributed by atoms with Crippen molar-refractivity contribution in [2.45, 2.75) is 12.3 Å². The first-order chi connectivity index (χ1) is 8.75. The summed E-state index contributed by atoms with van der Waals surface area (Å²) in [5, 5.41) is -0.349. The van der Waals surface area contributed by atoms with Crippen LogP contribution in [0.5, 0.6) is 0 Å². The summed E-state index contributed by atoms with van der Waals surface area (Å²) in [6.07, 6.45) is 0. The molecule has 0 N–H and O–H groups in total. The van der Waals surface area contributed by atoms with Gasteiger partial charge in [0.25, 0.3) is 0 Å². The van der Waals surface area contributed by atoms with Crippen molar-refractivity contribution in [2.75, 3.05) is 0 Å². The molecule has 3 heteroatoms. The Balaban J connectivity index is 2.07. The number of aromatic nitrogens is 1. The molecule has 2 nitrogen and oxygen atoms in total. The molecule has 1 atom stereocenters. The zero-order valence-corrected chi connectivity index (χ0v) is 10.7. The molecule has 18 heavy (non-hydrogen) atoms. The van der Waals surface area contributed by atoms with E-state index in [0.717, 1.165) is 22.2 Å². The lowest BCUT2D eigenvalue weighted by atomic mass is 10.1. The summed E-state index contributed by atoms with van der Waals surface area (Å²) in [5.41, 5.74) is 3.73. The van der Waals surface area contributed by atoms with Gasteiger partial charge in [0.15, 0.2) is 5.58 Å². The van der Waals surface area contributed by atoms with Crippen molar-refractivity contribution in [3.05, 3.63) is 65.5 Å². The van der Waals surface area contributed by atoms with Crippen LogP contribution in [0.15, 0.2) is 52.9 Å². The minimum Gasteiger partial charge on any atom is -0.438 e. The van der Waals surface area contributed by atoms with E-state index < -0.39 is 0 Å². The average Bonchev–Trinajstić information content (AvgIpc) is 2.84. The van der Waals surface area contributed by atoms with Gasteiger partial charge in [-0.15, -0.1) is 11.6 Å². The number of alkyl halides is 1. The Kier molecular flexibility index (Phi) is 2.80. The zero-order chi connectivity index (χ0) is 12.5. The summed E-state index contributed by atoms with van der Waals surface area (Å²) >= 11 is 6.40. The Morgan fingerprint density at radius 3 is 2.56 bits per heavy atom. The number of oxazole rings is 1. The molecule has 0 amide bonds. The van der Waals surface area contributed by atoms with Crippen LogP contribution in [0, 0.1) is 6.92 Å². The Bertz CT molecular complexity index is 675. The van der Waals surface area contributed by atoms with E-state index in [1.54, 1.807) is 0 Å². The molecule has 0 spiro atoms. The summed E-state index contributed by atoms with van der Waals surface area (Å²) in [6, 6.07) is 15.7. The van der Waals surface area contributed by atoms with E-state index in [-0.39, 0.29) is 5.38 Å². The van der Waals surface area contributed by atoms with Crippen LogP contribution in [0.25, 0.3) is 11.1 Å². The van der Waals surface area contributed by atoms with Gasteiger partial charge in [0.2, 0.25) is 5.89 Å². The number of aryl methyl sites for hydroxylation is 1. The fraction of sp³-hybridized carbons (Fsp3) is 0.133. The zero-order valence-electron chi connectivity index (χ0n) is 9.93. The number of halogens is 1. The highest BCUT2D eigenvalue weighted by Crippen LogP contribution is 2.31. The lowest BCUT2D eigenvalue weighted by Gasteiger charge is -2.04. The molecule has 1 unspecified atom stereocenters. The predicted molar refractivity (Wildman–Crippen MR) is 72.9 cm³/mol. The molecule has 0 aliphatic heterocycles. The van der Waals surface area contributed by atoms with Crippen molar-refractivity contribution >= 4 is 22.7 Å². The van der Waals surface area contributed by atoms with Gasteiger partial charge in [-0.25, -0.2) is 4.98 Å². The highest BCUT2D eigenvalue weighted by atomic mass is 35.5. The monoisotopic (exact) mass is 257 g/mol. The third-order valence-electron chi connectivity index (χ3n) is 2.94. The fourth-order valence-electron chi connectivity index (χ4n) is 1.98. The maximum Gasteiger partial charge on any atom is 0.218 e. The van der Waals surface area contributed by atoms with Crippen molar-refractivity contribution in [1.29, 1.82) is 0 Å². The first-order valence-electron chi connectivity index (χ1n) is 5.81. The summed E-state index contributed by atoms with van der Waals surface area (Å²) in [4.78, 5) is 4.45. The Morgan fingerprint density at radius 2 is 1.83 bits per heavy atom. The molecule has 3 aromatic rings. The van der Waals surface area contributed by atoms with E-state index in [2.05, 4.69) is 4.98 Å². The van der Waals surface area contributed by atoms with Crippen molar-refractivity contribution in [2.24, 2.45) is 0 Å². The van der Waals surface area contributed by atoms with Gasteiger partial charge in [0.1, 0.15) is 10.9 Å². The molecular weight excluding hydrogens is 246 g/mol. The quantitative estimate of drug-likeness (QED) is 0.634. The molecule has 0 saturated heterocycles. The van der Waals surface area contributed by atoms with Crippen LogP contribution in [-0.4, -0.2) is 4.98 Å². The van der Waals surface area contributed by atoms with E-state index in [1.165, 1.54) is 0 Å². The van der Waals surface area contributed by atoms with Crippen LogP contribution in [-0.2, 0) is 0 Å². The van der Waals surface area contributed by atoms with Crippen molar-refractivity contribution in [3.8, 4) is 0 Å². The van der Waals surface area contributed by atoms with E-state index >= 15 is 0 Å². The molecular formula is C15H12ClNO. The Labute approximate surface area is 110 Å². The van der Waals surface area contributed by atoms with Crippen LogP contribution in [0.1, 0.15) is 22.4 Å². The molecule has 0 bridgehead atoms. The van der Waals surface area contributed by atoms with Gasteiger partial charge in [-0.3, -0.25) is 0 Å². The highest BCUT2D eigenvalue weighted by Gasteiger charge is 2.17. The summed E-state index contributed by atoms with van der Waals surface area (Å²) in [5.74, 6) is 0.548. The lowest BCUT2D eigenvalue weighted by molar-refractivity contribution is 0.537.